The van der Waals surface area contributed by atoms with Crippen LogP contribution in [0, 0.1) is 10.1 Å². The monoisotopic (exact) mass is 243 g/mol. The molecule has 1 aliphatic carbocycles. The molecular weight excluding hydrogens is 232 g/mol. The standard InChI is InChI=1S/C10H11F2N3O2/c11-10(12)6-3-5(15(16)17)1-2-8(6)14-9-4-7(9)13/h1-3,7,9-10,14H,4,13H2. The van der Waals surface area contributed by atoms with Gasteiger partial charge in [0.05, 0.1) is 4.92 Å². The minimum Gasteiger partial charge on any atom is -0.380 e. The lowest BCUT2D eigenvalue weighted by atomic mass is 10.1. The molecule has 1 fully saturated rings. The van der Waals surface area contributed by atoms with Crippen LogP contribution < -0.4 is 11.1 Å². The molecule has 0 aliphatic heterocycles. The molecule has 1 aromatic carbocycles. The zero-order chi connectivity index (χ0) is 12.6. The van der Waals surface area contributed by atoms with Crippen LogP contribution in [0.15, 0.2) is 18.2 Å². The summed E-state index contributed by atoms with van der Waals surface area (Å²) in [6.07, 6.45) is -2.04. The summed E-state index contributed by atoms with van der Waals surface area (Å²) in [6, 6.07) is 3.33. The second kappa shape index (κ2) is 4.25. The normalized spacial score (nSPS) is 22.6. The number of halogens is 2. The van der Waals surface area contributed by atoms with E-state index in [4.69, 9.17) is 5.73 Å². The number of nitro groups is 1. The lowest BCUT2D eigenvalue weighted by Gasteiger charge is -2.10. The number of nitro benzene ring substituents is 1. The molecule has 0 radical (unpaired) electrons. The summed E-state index contributed by atoms with van der Waals surface area (Å²) in [5.41, 5.74) is 5.07. The summed E-state index contributed by atoms with van der Waals surface area (Å²) in [4.78, 5) is 9.80. The van der Waals surface area contributed by atoms with Crippen LogP contribution in [0.5, 0.6) is 0 Å². The van der Waals surface area contributed by atoms with Crippen LogP contribution in [0.25, 0.3) is 0 Å². The van der Waals surface area contributed by atoms with Gasteiger partial charge in [0.25, 0.3) is 12.1 Å². The number of nitrogens with two attached hydrogens (primary N) is 1. The number of hydrogen-bond donors (Lipinski definition) is 2. The fourth-order valence-corrected chi connectivity index (χ4v) is 1.56. The first-order chi connectivity index (χ1) is 7.99. The Kier molecular flexibility index (Phi) is 2.93. The van der Waals surface area contributed by atoms with Crippen molar-refractivity contribution in [3.8, 4) is 0 Å². The van der Waals surface area contributed by atoms with Crippen molar-refractivity contribution in [2.24, 2.45) is 5.73 Å². The molecule has 0 aromatic heterocycles. The van der Waals surface area contributed by atoms with Crippen LogP contribution in [-0.2, 0) is 0 Å². The van der Waals surface area contributed by atoms with Crippen LogP contribution in [0.4, 0.5) is 20.2 Å². The van der Waals surface area contributed by atoms with E-state index in [0.717, 1.165) is 12.5 Å². The molecule has 1 saturated carbocycles. The Morgan fingerprint density at radius 1 is 1.53 bits per heavy atom. The first-order valence-corrected chi connectivity index (χ1v) is 5.07. The molecule has 7 heteroatoms. The molecule has 1 aliphatic rings. The Labute approximate surface area is 95.8 Å². The summed E-state index contributed by atoms with van der Waals surface area (Å²) in [5.74, 6) is 0. The molecule has 0 saturated heterocycles. The molecule has 2 unspecified atom stereocenters. The molecule has 0 bridgehead atoms. The number of nitrogens with zero attached hydrogens (tertiary/aromatic N) is 1. The van der Waals surface area contributed by atoms with Crippen LogP contribution in [-0.4, -0.2) is 17.0 Å². The number of nitrogens with one attached hydrogen (secondary N) is 1. The van der Waals surface area contributed by atoms with Crippen LogP contribution in [0.2, 0.25) is 0 Å². The van der Waals surface area contributed by atoms with E-state index in [-0.39, 0.29) is 29.0 Å². The fourth-order valence-electron chi connectivity index (χ4n) is 1.56. The van der Waals surface area contributed by atoms with Gasteiger partial charge in [-0.2, -0.15) is 0 Å². The minimum absolute atomic E-state index is 0.0195. The molecule has 5 nitrogen and oxygen atoms in total. The van der Waals surface area contributed by atoms with Gasteiger partial charge in [-0.1, -0.05) is 0 Å². The highest BCUT2D eigenvalue weighted by atomic mass is 19.3. The highest BCUT2D eigenvalue weighted by Crippen LogP contribution is 2.33. The first-order valence-electron chi connectivity index (χ1n) is 5.07. The molecule has 2 rings (SSSR count). The summed E-state index contributed by atoms with van der Waals surface area (Å²) < 4.78 is 25.5. The zero-order valence-electron chi connectivity index (χ0n) is 8.77. The smallest absolute Gasteiger partial charge is 0.270 e. The highest BCUT2D eigenvalue weighted by Gasteiger charge is 2.34. The Morgan fingerprint density at radius 3 is 2.65 bits per heavy atom. The van der Waals surface area contributed by atoms with Gasteiger partial charge in [-0.3, -0.25) is 10.1 Å². The number of rotatable bonds is 4. The second-order valence-electron chi connectivity index (χ2n) is 3.98. The maximum Gasteiger partial charge on any atom is 0.270 e. The topological polar surface area (TPSA) is 81.2 Å². The molecular formula is C10H11F2N3O2. The largest absolute Gasteiger partial charge is 0.380 e. The van der Waals surface area contributed by atoms with Gasteiger partial charge in [0.2, 0.25) is 0 Å². The van der Waals surface area contributed by atoms with Crippen molar-refractivity contribution in [3.05, 3.63) is 33.9 Å². The van der Waals surface area contributed by atoms with Crippen LogP contribution in [0.3, 0.4) is 0 Å². The first kappa shape index (κ1) is 11.7. The second-order valence-corrected chi connectivity index (χ2v) is 3.98. The Hall–Kier alpha value is -1.76. The van der Waals surface area contributed by atoms with Gasteiger partial charge >= 0.3 is 0 Å². The molecule has 1 aromatic rings. The predicted octanol–water partition coefficient (Wildman–Crippen LogP) is 2.04. The number of alkyl halides is 2. The number of benzene rings is 1. The predicted molar refractivity (Wildman–Crippen MR) is 58.1 cm³/mol. The van der Waals surface area contributed by atoms with Crippen LogP contribution in [0.1, 0.15) is 18.4 Å². The molecule has 0 spiro atoms. The van der Waals surface area contributed by atoms with Crippen molar-refractivity contribution in [2.75, 3.05) is 5.32 Å². The number of hydrogen-bond acceptors (Lipinski definition) is 4. The molecule has 0 amide bonds. The molecule has 92 valence electrons. The van der Waals surface area contributed by atoms with Crippen molar-refractivity contribution in [3.63, 3.8) is 0 Å². The Morgan fingerprint density at radius 2 is 2.18 bits per heavy atom. The molecule has 17 heavy (non-hydrogen) atoms. The fraction of sp³-hybridized carbons (Fsp3) is 0.400. The minimum atomic E-state index is -2.76. The average Bonchev–Trinajstić information content (AvgIpc) is 2.94. The third-order valence-electron chi connectivity index (χ3n) is 2.66. The summed E-state index contributed by atoms with van der Waals surface area (Å²) in [6.45, 7) is 0. The number of non-ortho nitro benzene ring substituents is 1. The lowest BCUT2D eigenvalue weighted by Crippen LogP contribution is -2.14. The van der Waals surface area contributed by atoms with Gasteiger partial charge in [-0.15, -0.1) is 0 Å². The summed E-state index contributed by atoms with van der Waals surface area (Å²) in [5, 5.41) is 13.3. The maximum atomic E-state index is 12.7. The molecule has 3 N–H and O–H groups in total. The quantitative estimate of drug-likeness (QED) is 0.626. The van der Waals surface area contributed by atoms with E-state index in [0.29, 0.717) is 0 Å². The summed E-state index contributed by atoms with van der Waals surface area (Å²) >= 11 is 0. The van der Waals surface area contributed by atoms with Crippen molar-refractivity contribution in [1.82, 2.24) is 0 Å². The van der Waals surface area contributed by atoms with E-state index >= 15 is 0 Å². The van der Waals surface area contributed by atoms with Crippen LogP contribution >= 0.6 is 0 Å². The number of anilines is 1. The van der Waals surface area contributed by atoms with Crippen molar-refractivity contribution >= 4 is 11.4 Å². The van der Waals surface area contributed by atoms with E-state index in [1.807, 2.05) is 0 Å². The Balaban J connectivity index is 2.27. The molecule has 0 heterocycles. The third-order valence-corrected chi connectivity index (χ3v) is 2.66. The van der Waals surface area contributed by atoms with Crippen molar-refractivity contribution < 1.29 is 13.7 Å². The van der Waals surface area contributed by atoms with Gasteiger partial charge in [0, 0.05) is 35.5 Å². The highest BCUT2D eigenvalue weighted by molar-refractivity contribution is 5.58. The third kappa shape index (κ3) is 2.50. The average molecular weight is 243 g/mol. The van der Waals surface area contributed by atoms with E-state index in [2.05, 4.69) is 5.32 Å². The van der Waals surface area contributed by atoms with E-state index < -0.39 is 11.3 Å². The maximum absolute atomic E-state index is 12.7. The Bertz CT molecular complexity index is 453. The van der Waals surface area contributed by atoms with E-state index in [1.165, 1.54) is 12.1 Å². The zero-order valence-corrected chi connectivity index (χ0v) is 8.77. The molecule has 2 atom stereocenters. The van der Waals surface area contributed by atoms with Gasteiger partial charge < -0.3 is 11.1 Å². The van der Waals surface area contributed by atoms with Gasteiger partial charge in [-0.25, -0.2) is 8.78 Å². The van der Waals surface area contributed by atoms with Gasteiger partial charge in [0.1, 0.15) is 0 Å². The van der Waals surface area contributed by atoms with Gasteiger partial charge in [-0.05, 0) is 12.5 Å². The van der Waals surface area contributed by atoms with Crippen molar-refractivity contribution in [2.45, 2.75) is 24.9 Å². The SMILES string of the molecule is NC1CC1Nc1ccc([N+](=O)[O-])cc1C(F)F. The van der Waals surface area contributed by atoms with Crippen molar-refractivity contribution in [1.29, 1.82) is 0 Å². The summed E-state index contributed by atoms with van der Waals surface area (Å²) in [7, 11) is 0. The van der Waals surface area contributed by atoms with E-state index in [1.54, 1.807) is 0 Å². The lowest BCUT2D eigenvalue weighted by molar-refractivity contribution is -0.385. The van der Waals surface area contributed by atoms with Gasteiger partial charge in [0.15, 0.2) is 0 Å². The van der Waals surface area contributed by atoms with E-state index in [9.17, 15) is 18.9 Å².